The number of hydrogen-bond acceptors (Lipinski definition) is 6. The Hall–Kier alpha value is -5.96. The van der Waals surface area contributed by atoms with Crippen molar-refractivity contribution in [1.29, 1.82) is 0 Å². The van der Waals surface area contributed by atoms with Crippen LogP contribution in [-0.4, -0.2) is 35.7 Å². The van der Waals surface area contributed by atoms with E-state index in [-0.39, 0.29) is 34.3 Å². The molecule has 0 aromatic heterocycles. The number of phenolic OH excluding ortho intramolecular Hbond substituents is 1. The summed E-state index contributed by atoms with van der Waals surface area (Å²) in [4.78, 5) is 50.7. The van der Waals surface area contributed by atoms with Crippen LogP contribution in [0.4, 0.5) is 22.7 Å². The van der Waals surface area contributed by atoms with Gasteiger partial charge in [-0.3, -0.25) is 19.2 Å². The van der Waals surface area contributed by atoms with Crippen molar-refractivity contribution in [2.24, 2.45) is 0 Å². The Labute approximate surface area is 247 Å². The van der Waals surface area contributed by atoms with E-state index in [4.69, 9.17) is 0 Å². The molecular weight excluding hydrogens is 544 g/mol. The summed E-state index contributed by atoms with van der Waals surface area (Å²) in [6, 6.07) is 28.2. The number of Topliss-reactive ketones (excluding diaryl/α,β-unsaturated/α-hetero) is 1. The Morgan fingerprint density at radius 2 is 1.02 bits per heavy atom. The average Bonchev–Trinajstić information content (AvgIpc) is 3.02. The number of aromatic hydroxyl groups is 1. The fraction of sp³-hybridized carbons (Fsp3) is 0.0588. The summed E-state index contributed by atoms with van der Waals surface area (Å²) in [5.41, 5.74) is 3.11. The molecule has 0 aliphatic heterocycles. The van der Waals surface area contributed by atoms with Crippen molar-refractivity contribution in [1.82, 2.24) is 0 Å². The molecule has 5 N–H and O–H groups in total. The molecule has 43 heavy (non-hydrogen) atoms. The maximum absolute atomic E-state index is 13.2. The number of nitrogens with one attached hydrogen (secondary N) is 4. The predicted octanol–water partition coefficient (Wildman–Crippen LogP) is 6.55. The zero-order chi connectivity index (χ0) is 30.5. The van der Waals surface area contributed by atoms with Crippen LogP contribution in [0.15, 0.2) is 103 Å². The van der Waals surface area contributed by atoms with Gasteiger partial charge in [0.1, 0.15) is 5.75 Å². The first-order valence-electron chi connectivity index (χ1n) is 13.4. The van der Waals surface area contributed by atoms with E-state index in [9.17, 15) is 24.3 Å². The molecule has 0 bridgehead atoms. The molecule has 0 radical (unpaired) electrons. The van der Waals surface area contributed by atoms with Gasteiger partial charge in [-0.15, -0.1) is 0 Å². The highest BCUT2D eigenvalue weighted by atomic mass is 16.3. The molecule has 0 atom stereocenters. The van der Waals surface area contributed by atoms with Gasteiger partial charge in [0.15, 0.2) is 5.78 Å². The molecule has 0 saturated carbocycles. The van der Waals surface area contributed by atoms with Gasteiger partial charge < -0.3 is 26.4 Å². The summed E-state index contributed by atoms with van der Waals surface area (Å²) in [6.45, 7) is 1.40. The minimum absolute atomic E-state index is 0.0701. The standard InChI is InChI=1S/C34H28N4O5/c1-20(39)21-7-3-8-22(17-21)34(43)38-30-19-25(15-16-31(30)40)36-32(41)23-9-4-10-24(18-23)33(42)37-29-14-6-11-26-27(29)12-5-13-28(26)35-2/h3-19,35,40H,1-2H3,(H,36,41)(H,37,42)(H,38,43). The lowest BCUT2D eigenvalue weighted by molar-refractivity contribution is 0.100. The molecule has 214 valence electrons. The topological polar surface area (TPSA) is 137 Å². The molecular formula is C34H28N4O5. The summed E-state index contributed by atoms with van der Waals surface area (Å²) in [5.74, 6) is -1.78. The number of carbonyl (C=O) groups is 4. The number of amides is 3. The van der Waals surface area contributed by atoms with Crippen molar-refractivity contribution < 1.29 is 24.3 Å². The zero-order valence-corrected chi connectivity index (χ0v) is 23.4. The van der Waals surface area contributed by atoms with Gasteiger partial charge in [-0.2, -0.15) is 0 Å². The number of fused-ring (bicyclic) bond motifs is 1. The lowest BCUT2D eigenvalue weighted by atomic mass is 10.1. The van der Waals surface area contributed by atoms with Crippen LogP contribution in [0.3, 0.4) is 0 Å². The van der Waals surface area contributed by atoms with E-state index in [1.807, 2.05) is 43.4 Å². The first-order valence-corrected chi connectivity index (χ1v) is 13.4. The summed E-state index contributed by atoms with van der Waals surface area (Å²) < 4.78 is 0. The van der Waals surface area contributed by atoms with E-state index >= 15 is 0 Å². The Kier molecular flexibility index (Phi) is 8.15. The third-order valence-electron chi connectivity index (χ3n) is 6.86. The molecule has 0 fully saturated rings. The Morgan fingerprint density at radius 3 is 1.63 bits per heavy atom. The van der Waals surface area contributed by atoms with Crippen molar-refractivity contribution in [2.75, 3.05) is 28.3 Å². The van der Waals surface area contributed by atoms with Crippen LogP contribution in [0.5, 0.6) is 5.75 Å². The van der Waals surface area contributed by atoms with Crippen molar-refractivity contribution in [3.63, 3.8) is 0 Å². The first-order chi connectivity index (χ1) is 20.7. The van der Waals surface area contributed by atoms with Crippen LogP contribution >= 0.6 is 0 Å². The predicted molar refractivity (Wildman–Crippen MR) is 168 cm³/mol. The molecule has 5 aromatic rings. The average molecular weight is 573 g/mol. The van der Waals surface area contributed by atoms with Gasteiger partial charge >= 0.3 is 0 Å². The molecule has 0 aliphatic carbocycles. The lowest BCUT2D eigenvalue weighted by Crippen LogP contribution is -2.16. The van der Waals surface area contributed by atoms with E-state index < -0.39 is 11.8 Å². The van der Waals surface area contributed by atoms with Gasteiger partial charge in [-0.25, -0.2) is 0 Å². The van der Waals surface area contributed by atoms with Crippen LogP contribution in [0, 0.1) is 0 Å². The van der Waals surface area contributed by atoms with E-state index in [1.165, 1.54) is 37.3 Å². The maximum atomic E-state index is 13.2. The van der Waals surface area contributed by atoms with Gasteiger partial charge in [-0.05, 0) is 67.6 Å². The molecule has 0 unspecified atom stereocenters. The second kappa shape index (κ2) is 12.3. The van der Waals surface area contributed by atoms with Gasteiger partial charge in [0.05, 0.1) is 5.69 Å². The number of phenols is 1. The van der Waals surface area contributed by atoms with Crippen LogP contribution in [0.25, 0.3) is 10.8 Å². The van der Waals surface area contributed by atoms with Crippen LogP contribution in [0.2, 0.25) is 0 Å². The monoisotopic (exact) mass is 572 g/mol. The van der Waals surface area contributed by atoms with Crippen molar-refractivity contribution in [2.45, 2.75) is 6.92 Å². The van der Waals surface area contributed by atoms with Crippen molar-refractivity contribution >= 4 is 57.0 Å². The van der Waals surface area contributed by atoms with Gasteiger partial charge in [0.2, 0.25) is 0 Å². The molecule has 5 aromatic carbocycles. The van der Waals surface area contributed by atoms with Gasteiger partial charge in [-0.1, -0.05) is 42.5 Å². The number of anilines is 4. The van der Waals surface area contributed by atoms with E-state index in [2.05, 4.69) is 21.3 Å². The van der Waals surface area contributed by atoms with Gasteiger partial charge in [0.25, 0.3) is 17.7 Å². The van der Waals surface area contributed by atoms with E-state index in [0.717, 1.165) is 16.5 Å². The SMILES string of the molecule is CNc1cccc2c(NC(=O)c3cccc(C(=O)Nc4ccc(O)c(NC(=O)c5cccc(C(C)=O)c5)c4)c3)cccc12. The minimum atomic E-state index is -0.533. The number of hydrogen-bond donors (Lipinski definition) is 5. The van der Waals surface area contributed by atoms with Gasteiger partial charge in [0, 0.05) is 57.1 Å². The normalized spacial score (nSPS) is 10.6. The highest BCUT2D eigenvalue weighted by Gasteiger charge is 2.15. The van der Waals surface area contributed by atoms with Crippen LogP contribution in [-0.2, 0) is 0 Å². The smallest absolute Gasteiger partial charge is 0.255 e. The molecule has 9 nitrogen and oxygen atoms in total. The number of benzene rings is 5. The van der Waals surface area contributed by atoms with Crippen molar-refractivity contribution in [3.8, 4) is 5.75 Å². The molecule has 5 rings (SSSR count). The molecule has 0 spiro atoms. The molecule has 3 amide bonds. The quantitative estimate of drug-likeness (QED) is 0.0813. The Morgan fingerprint density at radius 1 is 0.535 bits per heavy atom. The molecule has 0 aliphatic rings. The largest absolute Gasteiger partial charge is 0.506 e. The third kappa shape index (κ3) is 6.36. The number of ketones is 1. The fourth-order valence-corrected chi connectivity index (χ4v) is 4.62. The van der Waals surface area contributed by atoms with E-state index in [0.29, 0.717) is 22.5 Å². The van der Waals surface area contributed by atoms with Crippen molar-refractivity contribution in [3.05, 3.63) is 125 Å². The number of carbonyl (C=O) groups excluding carboxylic acids is 4. The highest BCUT2D eigenvalue weighted by molar-refractivity contribution is 6.13. The maximum Gasteiger partial charge on any atom is 0.255 e. The third-order valence-corrected chi connectivity index (χ3v) is 6.86. The molecule has 9 heteroatoms. The summed E-state index contributed by atoms with van der Waals surface area (Å²) >= 11 is 0. The zero-order valence-electron chi connectivity index (χ0n) is 23.4. The highest BCUT2D eigenvalue weighted by Crippen LogP contribution is 2.30. The second-order valence-corrected chi connectivity index (χ2v) is 9.77. The Balaban J connectivity index is 1.30. The van der Waals surface area contributed by atoms with Crippen LogP contribution < -0.4 is 21.3 Å². The summed E-state index contributed by atoms with van der Waals surface area (Å²) in [6.07, 6.45) is 0. The summed E-state index contributed by atoms with van der Waals surface area (Å²) in [5, 5.41) is 23.6. The lowest BCUT2D eigenvalue weighted by Gasteiger charge is -2.13. The summed E-state index contributed by atoms with van der Waals surface area (Å²) in [7, 11) is 1.84. The van der Waals surface area contributed by atoms with E-state index in [1.54, 1.807) is 36.4 Å². The van der Waals surface area contributed by atoms with Crippen LogP contribution in [0.1, 0.15) is 48.4 Å². The minimum Gasteiger partial charge on any atom is -0.506 e. The molecule has 0 saturated heterocycles. The molecule has 0 heterocycles. The number of rotatable bonds is 8. The fourth-order valence-electron chi connectivity index (χ4n) is 4.62. The second-order valence-electron chi connectivity index (χ2n) is 9.77. The first kappa shape index (κ1) is 28.6. The Bertz CT molecular complexity index is 1900.